The Bertz CT molecular complexity index is 1200. The van der Waals surface area contributed by atoms with Crippen molar-refractivity contribution in [1.29, 1.82) is 0 Å². The van der Waals surface area contributed by atoms with E-state index in [1.165, 1.54) is 6.07 Å². The Morgan fingerprint density at radius 2 is 2.07 bits per heavy atom. The highest BCUT2D eigenvalue weighted by Gasteiger charge is 2.24. The lowest BCUT2D eigenvalue weighted by Gasteiger charge is -2.31. The molecule has 5 nitrogen and oxygen atoms in total. The fourth-order valence-electron chi connectivity index (χ4n) is 3.66. The third-order valence-corrected chi connectivity index (χ3v) is 4.94. The number of H-pyrrole nitrogens is 1. The van der Waals surface area contributed by atoms with Crippen molar-refractivity contribution < 1.29 is 9.50 Å². The highest BCUT2D eigenvalue weighted by Crippen LogP contribution is 2.37. The average Bonchev–Trinajstić information content (AvgIpc) is 2.66. The average molecular weight is 391 g/mol. The number of nitrogens with zero attached hydrogens (tertiary/aromatic N) is 2. The minimum Gasteiger partial charge on any atom is -0.389 e. The molecule has 1 aromatic heterocycles. The first-order valence-electron chi connectivity index (χ1n) is 9.63. The molecule has 2 heterocycles. The third kappa shape index (κ3) is 3.87. The van der Waals surface area contributed by atoms with Crippen LogP contribution in [0.1, 0.15) is 37.8 Å². The molecule has 1 aliphatic rings. The monoisotopic (exact) mass is 391 g/mol. The van der Waals surface area contributed by atoms with Crippen molar-refractivity contribution >= 4 is 22.4 Å². The summed E-state index contributed by atoms with van der Waals surface area (Å²) in [5.74, 6) is 6.11. The molecule has 0 amide bonds. The van der Waals surface area contributed by atoms with Crippen molar-refractivity contribution in [2.24, 2.45) is 0 Å². The predicted octanol–water partition coefficient (Wildman–Crippen LogP) is 3.66. The number of fused-ring (bicyclic) bond motifs is 2. The number of hydrogen-bond donors (Lipinski definition) is 2. The molecule has 0 atom stereocenters. The lowest BCUT2D eigenvalue weighted by molar-refractivity contribution is 0.0862. The molecule has 0 aliphatic carbocycles. The van der Waals surface area contributed by atoms with Crippen molar-refractivity contribution in [2.45, 2.75) is 38.7 Å². The number of halogens is 1. The second kappa shape index (κ2) is 7.34. The summed E-state index contributed by atoms with van der Waals surface area (Å²) < 4.78 is 14.6. The summed E-state index contributed by atoms with van der Waals surface area (Å²) in [5.41, 5.74) is 1.88. The van der Waals surface area contributed by atoms with E-state index in [2.05, 4.69) is 21.8 Å². The van der Waals surface area contributed by atoms with Gasteiger partial charge in [0.1, 0.15) is 5.82 Å². The van der Waals surface area contributed by atoms with Crippen molar-refractivity contribution in [1.82, 2.24) is 9.97 Å². The second-order valence-corrected chi connectivity index (χ2v) is 7.88. The molecule has 0 spiro atoms. The molecule has 2 N–H and O–H groups in total. The van der Waals surface area contributed by atoms with E-state index in [4.69, 9.17) is 0 Å². The number of rotatable bonds is 2. The minimum atomic E-state index is -0.848. The molecule has 4 rings (SSSR count). The van der Waals surface area contributed by atoms with Gasteiger partial charge in [-0.05, 0) is 56.5 Å². The first-order valence-corrected chi connectivity index (χ1v) is 9.63. The van der Waals surface area contributed by atoms with Crippen LogP contribution in [0.3, 0.4) is 0 Å². The Morgan fingerprint density at radius 3 is 2.86 bits per heavy atom. The van der Waals surface area contributed by atoms with Crippen LogP contribution in [0.2, 0.25) is 0 Å². The normalized spacial score (nSPS) is 13.7. The molecule has 148 valence electrons. The van der Waals surface area contributed by atoms with Crippen molar-refractivity contribution in [2.75, 3.05) is 11.4 Å². The van der Waals surface area contributed by atoms with Gasteiger partial charge >= 0.3 is 5.69 Å². The highest BCUT2D eigenvalue weighted by atomic mass is 19.1. The molecule has 0 radical (unpaired) electrons. The Hall–Kier alpha value is -3.17. The number of hydrogen-bond acceptors (Lipinski definition) is 4. The number of nitrogens with one attached hydrogen (secondary N) is 1. The fraction of sp³-hybridized carbons (Fsp3) is 0.304. The Balaban J connectivity index is 1.84. The largest absolute Gasteiger partial charge is 0.389 e. The van der Waals surface area contributed by atoms with E-state index in [1.54, 1.807) is 26.0 Å². The molecule has 3 aromatic rings. The molecular formula is C23H22FN3O2. The summed E-state index contributed by atoms with van der Waals surface area (Å²) in [5, 5.41) is 10.2. The van der Waals surface area contributed by atoms with E-state index in [0.717, 1.165) is 29.7 Å². The molecule has 0 saturated carbocycles. The lowest BCUT2D eigenvalue weighted by atomic mass is 9.95. The van der Waals surface area contributed by atoms with E-state index >= 15 is 0 Å². The zero-order valence-corrected chi connectivity index (χ0v) is 16.4. The van der Waals surface area contributed by atoms with Crippen LogP contribution in [-0.4, -0.2) is 27.2 Å². The number of anilines is 2. The fourth-order valence-corrected chi connectivity index (χ4v) is 3.66. The Morgan fingerprint density at radius 1 is 1.28 bits per heavy atom. The van der Waals surface area contributed by atoms with Crippen LogP contribution in [0.4, 0.5) is 15.9 Å². The lowest BCUT2D eigenvalue weighted by Crippen LogP contribution is -2.28. The van der Waals surface area contributed by atoms with Gasteiger partial charge in [-0.15, -0.1) is 0 Å². The quantitative estimate of drug-likeness (QED) is 0.654. The van der Waals surface area contributed by atoms with E-state index in [-0.39, 0.29) is 0 Å². The summed E-state index contributed by atoms with van der Waals surface area (Å²) in [7, 11) is 0. The highest BCUT2D eigenvalue weighted by molar-refractivity contribution is 5.92. The van der Waals surface area contributed by atoms with E-state index in [0.29, 0.717) is 29.7 Å². The van der Waals surface area contributed by atoms with E-state index in [9.17, 15) is 14.3 Å². The standard InChI is InChI=1S/C23H22FN3O2/c1-23(2,29)13-5-8-15-7-3-12-19-16(15)9-6-14-27(19)21-20-17(24)10-4-11-18(20)25-22(28)26-21/h3-4,7,10-12,29H,6,9,13-14H2,1-2H3,(H,25,26,28). The smallest absolute Gasteiger partial charge is 0.347 e. The maximum Gasteiger partial charge on any atom is 0.347 e. The molecule has 0 saturated heterocycles. The molecule has 0 bridgehead atoms. The molecule has 0 unspecified atom stereocenters. The second-order valence-electron chi connectivity index (χ2n) is 7.88. The first kappa shape index (κ1) is 19.2. The SMILES string of the molecule is CC(C)(O)CC#Cc1cccc2c1CCCN2c1nc(=O)[nH]c2cccc(F)c12. The van der Waals surface area contributed by atoms with Gasteiger partial charge in [0.15, 0.2) is 5.82 Å². The van der Waals surface area contributed by atoms with Crippen LogP contribution in [0, 0.1) is 17.7 Å². The zero-order chi connectivity index (χ0) is 20.6. The number of aromatic nitrogens is 2. The van der Waals surface area contributed by atoms with Crippen molar-refractivity contribution in [3.05, 3.63) is 63.8 Å². The maximum atomic E-state index is 14.6. The molecule has 29 heavy (non-hydrogen) atoms. The molecule has 1 aliphatic heterocycles. The number of benzene rings is 2. The number of aliphatic hydroxyl groups is 1. The number of aromatic amines is 1. The Kier molecular flexibility index (Phi) is 4.85. The molecule has 0 fully saturated rings. The summed E-state index contributed by atoms with van der Waals surface area (Å²) in [6, 6.07) is 10.4. The van der Waals surface area contributed by atoms with Gasteiger partial charge in [0.2, 0.25) is 0 Å². The summed E-state index contributed by atoms with van der Waals surface area (Å²) in [4.78, 5) is 20.7. The van der Waals surface area contributed by atoms with Crippen LogP contribution in [0.5, 0.6) is 0 Å². The summed E-state index contributed by atoms with van der Waals surface area (Å²) in [6.07, 6.45) is 2.04. The first-order chi connectivity index (χ1) is 13.8. The van der Waals surface area contributed by atoms with Gasteiger partial charge in [-0.1, -0.05) is 24.0 Å². The van der Waals surface area contributed by atoms with Gasteiger partial charge in [0.25, 0.3) is 0 Å². The minimum absolute atomic E-state index is 0.304. The van der Waals surface area contributed by atoms with Crippen LogP contribution < -0.4 is 10.6 Å². The van der Waals surface area contributed by atoms with Gasteiger partial charge in [-0.3, -0.25) is 0 Å². The van der Waals surface area contributed by atoms with Gasteiger partial charge in [0.05, 0.1) is 16.5 Å². The summed E-state index contributed by atoms with van der Waals surface area (Å²) in [6.45, 7) is 4.08. The van der Waals surface area contributed by atoms with Gasteiger partial charge in [0, 0.05) is 24.2 Å². The molecule has 2 aromatic carbocycles. The van der Waals surface area contributed by atoms with Crippen LogP contribution in [0.15, 0.2) is 41.2 Å². The van der Waals surface area contributed by atoms with Crippen molar-refractivity contribution in [3.8, 4) is 11.8 Å². The third-order valence-electron chi connectivity index (χ3n) is 4.94. The van der Waals surface area contributed by atoms with Gasteiger partial charge in [-0.25, -0.2) is 9.18 Å². The summed E-state index contributed by atoms with van der Waals surface area (Å²) >= 11 is 0. The molecular weight excluding hydrogens is 369 g/mol. The molecule has 6 heteroatoms. The van der Waals surface area contributed by atoms with Gasteiger partial charge in [-0.2, -0.15) is 4.98 Å². The van der Waals surface area contributed by atoms with E-state index in [1.807, 2.05) is 23.1 Å². The van der Waals surface area contributed by atoms with Crippen molar-refractivity contribution in [3.63, 3.8) is 0 Å². The maximum absolute atomic E-state index is 14.6. The predicted molar refractivity (Wildman–Crippen MR) is 112 cm³/mol. The zero-order valence-electron chi connectivity index (χ0n) is 16.4. The van der Waals surface area contributed by atoms with Crippen LogP contribution in [-0.2, 0) is 6.42 Å². The topological polar surface area (TPSA) is 69.2 Å². The van der Waals surface area contributed by atoms with Crippen LogP contribution >= 0.6 is 0 Å². The van der Waals surface area contributed by atoms with Crippen LogP contribution in [0.25, 0.3) is 10.9 Å². The van der Waals surface area contributed by atoms with Gasteiger partial charge < -0.3 is 15.0 Å². The van der Waals surface area contributed by atoms with E-state index < -0.39 is 17.1 Å². The Labute approximate surface area is 168 Å².